The Morgan fingerprint density at radius 2 is 2.15 bits per heavy atom. The lowest BCUT2D eigenvalue weighted by Crippen LogP contribution is -2.40. The van der Waals surface area contributed by atoms with E-state index in [0.717, 1.165) is 17.8 Å². The van der Waals surface area contributed by atoms with Gasteiger partial charge in [-0.25, -0.2) is 0 Å². The normalized spacial score (nSPS) is 18.8. The van der Waals surface area contributed by atoms with E-state index in [9.17, 15) is 9.59 Å². The van der Waals surface area contributed by atoms with Crippen LogP contribution in [0.4, 0.5) is 5.69 Å². The minimum Gasteiger partial charge on any atom is -0.355 e. The lowest BCUT2D eigenvalue weighted by Gasteiger charge is -2.22. The van der Waals surface area contributed by atoms with Crippen molar-refractivity contribution in [1.29, 1.82) is 0 Å². The van der Waals surface area contributed by atoms with Crippen LogP contribution in [0.1, 0.15) is 18.4 Å². The van der Waals surface area contributed by atoms with Crippen LogP contribution in [-0.4, -0.2) is 37.4 Å². The minimum atomic E-state index is -0.139. The molecule has 5 nitrogen and oxygen atoms in total. The summed E-state index contributed by atoms with van der Waals surface area (Å²) in [5, 5.41) is 5.72. The monoisotopic (exact) mass is 275 g/mol. The predicted molar refractivity (Wildman–Crippen MR) is 78.2 cm³/mol. The summed E-state index contributed by atoms with van der Waals surface area (Å²) < 4.78 is 0. The molecule has 1 heterocycles. The molecule has 2 amide bonds. The molecule has 2 N–H and O–H groups in total. The van der Waals surface area contributed by atoms with Gasteiger partial charge in [-0.05, 0) is 32.1 Å². The van der Waals surface area contributed by atoms with Gasteiger partial charge in [-0.3, -0.25) is 9.59 Å². The second-order valence-electron chi connectivity index (χ2n) is 5.42. The Morgan fingerprint density at radius 1 is 1.40 bits per heavy atom. The van der Waals surface area contributed by atoms with Gasteiger partial charge in [-0.1, -0.05) is 18.2 Å². The van der Waals surface area contributed by atoms with E-state index in [4.69, 9.17) is 0 Å². The Hall–Kier alpha value is -1.88. The number of piperidine rings is 1. The van der Waals surface area contributed by atoms with Gasteiger partial charge in [0.2, 0.25) is 11.8 Å². The van der Waals surface area contributed by atoms with Gasteiger partial charge >= 0.3 is 0 Å². The van der Waals surface area contributed by atoms with Crippen molar-refractivity contribution >= 4 is 17.5 Å². The van der Waals surface area contributed by atoms with Crippen LogP contribution < -0.4 is 10.6 Å². The third-order valence-corrected chi connectivity index (χ3v) is 3.40. The molecule has 1 aromatic carbocycles. The molecular weight excluding hydrogens is 254 g/mol. The highest BCUT2D eigenvalue weighted by Crippen LogP contribution is 2.19. The summed E-state index contributed by atoms with van der Waals surface area (Å²) in [6.45, 7) is 1.21. The number of amides is 2. The zero-order valence-electron chi connectivity index (χ0n) is 12.0. The summed E-state index contributed by atoms with van der Waals surface area (Å²) in [5.74, 6) is -0.127. The van der Waals surface area contributed by atoms with E-state index >= 15 is 0 Å². The van der Waals surface area contributed by atoms with Gasteiger partial charge in [0.25, 0.3) is 0 Å². The maximum absolute atomic E-state index is 12.2. The van der Waals surface area contributed by atoms with Gasteiger partial charge in [0.15, 0.2) is 0 Å². The molecule has 1 atom stereocenters. The molecule has 0 aliphatic carbocycles. The van der Waals surface area contributed by atoms with Crippen LogP contribution in [0.3, 0.4) is 0 Å². The SMILES string of the molecule is CN(C)Cc1ccccc1NC(=O)C1CCC(=O)NC1. The molecule has 108 valence electrons. The third-order valence-electron chi connectivity index (χ3n) is 3.40. The molecule has 0 aromatic heterocycles. The summed E-state index contributed by atoms with van der Waals surface area (Å²) in [7, 11) is 3.99. The number of rotatable bonds is 4. The first-order valence-electron chi connectivity index (χ1n) is 6.86. The zero-order valence-corrected chi connectivity index (χ0v) is 12.0. The van der Waals surface area contributed by atoms with Crippen LogP contribution in [-0.2, 0) is 16.1 Å². The molecule has 0 bridgehead atoms. The molecule has 1 aliphatic heterocycles. The van der Waals surface area contributed by atoms with Crippen molar-refractivity contribution in [3.63, 3.8) is 0 Å². The Labute approximate surface area is 119 Å². The van der Waals surface area contributed by atoms with Crippen LogP contribution >= 0.6 is 0 Å². The first-order valence-corrected chi connectivity index (χ1v) is 6.86. The Balaban J connectivity index is 2.02. The van der Waals surface area contributed by atoms with Gasteiger partial charge in [0, 0.05) is 25.2 Å². The summed E-state index contributed by atoms with van der Waals surface area (Å²) in [5.41, 5.74) is 1.94. The fourth-order valence-electron chi connectivity index (χ4n) is 2.31. The highest BCUT2D eigenvalue weighted by molar-refractivity contribution is 5.94. The molecule has 1 saturated heterocycles. The van der Waals surface area contributed by atoms with E-state index in [1.807, 2.05) is 38.4 Å². The van der Waals surface area contributed by atoms with Gasteiger partial charge < -0.3 is 15.5 Å². The van der Waals surface area contributed by atoms with Crippen molar-refractivity contribution < 1.29 is 9.59 Å². The van der Waals surface area contributed by atoms with Crippen molar-refractivity contribution in [2.45, 2.75) is 19.4 Å². The van der Waals surface area contributed by atoms with Gasteiger partial charge in [0.05, 0.1) is 5.92 Å². The third kappa shape index (κ3) is 3.81. The molecule has 1 aliphatic rings. The van der Waals surface area contributed by atoms with E-state index < -0.39 is 0 Å². The number of para-hydroxylation sites is 1. The zero-order chi connectivity index (χ0) is 14.5. The van der Waals surface area contributed by atoms with E-state index in [-0.39, 0.29) is 17.7 Å². The highest BCUT2D eigenvalue weighted by atomic mass is 16.2. The van der Waals surface area contributed by atoms with Crippen LogP contribution in [0.5, 0.6) is 0 Å². The molecular formula is C15H21N3O2. The van der Waals surface area contributed by atoms with Crippen molar-refractivity contribution in [3.8, 4) is 0 Å². The van der Waals surface area contributed by atoms with Crippen LogP contribution in [0.15, 0.2) is 24.3 Å². The largest absolute Gasteiger partial charge is 0.355 e. The van der Waals surface area contributed by atoms with Gasteiger partial charge in [-0.15, -0.1) is 0 Å². The van der Waals surface area contributed by atoms with E-state index in [2.05, 4.69) is 15.5 Å². The summed E-state index contributed by atoms with van der Waals surface area (Å²) in [6, 6.07) is 7.81. The molecule has 5 heteroatoms. The molecule has 1 fully saturated rings. The number of nitrogens with one attached hydrogen (secondary N) is 2. The molecule has 1 unspecified atom stereocenters. The molecule has 0 radical (unpaired) electrons. The lowest BCUT2D eigenvalue weighted by molar-refractivity contribution is -0.126. The number of carbonyl (C=O) groups excluding carboxylic acids is 2. The summed E-state index contributed by atoms with van der Waals surface area (Å²) in [6.07, 6.45) is 1.05. The highest BCUT2D eigenvalue weighted by Gasteiger charge is 2.24. The van der Waals surface area contributed by atoms with E-state index in [0.29, 0.717) is 19.4 Å². The van der Waals surface area contributed by atoms with E-state index in [1.165, 1.54) is 0 Å². The van der Waals surface area contributed by atoms with Crippen molar-refractivity contribution in [3.05, 3.63) is 29.8 Å². The number of hydrogen-bond donors (Lipinski definition) is 2. The predicted octanol–water partition coefficient (Wildman–Crippen LogP) is 1.21. The smallest absolute Gasteiger partial charge is 0.229 e. The molecule has 20 heavy (non-hydrogen) atoms. The first-order chi connectivity index (χ1) is 9.56. The summed E-state index contributed by atoms with van der Waals surface area (Å²) in [4.78, 5) is 25.4. The summed E-state index contributed by atoms with van der Waals surface area (Å²) >= 11 is 0. The minimum absolute atomic E-state index is 0.0174. The Bertz CT molecular complexity index is 490. The number of benzene rings is 1. The van der Waals surface area contributed by atoms with Crippen LogP contribution in [0.25, 0.3) is 0 Å². The average molecular weight is 275 g/mol. The van der Waals surface area contributed by atoms with Gasteiger partial charge in [0.1, 0.15) is 0 Å². The second kappa shape index (κ2) is 6.52. The van der Waals surface area contributed by atoms with Crippen LogP contribution in [0.2, 0.25) is 0 Å². The standard InChI is InChI=1S/C15H21N3O2/c1-18(2)10-12-5-3-4-6-13(12)17-15(20)11-7-8-14(19)16-9-11/h3-6,11H,7-10H2,1-2H3,(H,16,19)(H,17,20). The average Bonchev–Trinajstić information content (AvgIpc) is 2.41. The topological polar surface area (TPSA) is 61.4 Å². The lowest BCUT2D eigenvalue weighted by atomic mass is 9.98. The quantitative estimate of drug-likeness (QED) is 0.868. The van der Waals surface area contributed by atoms with Crippen molar-refractivity contribution in [1.82, 2.24) is 10.2 Å². The fourth-order valence-corrected chi connectivity index (χ4v) is 2.31. The number of nitrogens with zero attached hydrogens (tertiary/aromatic N) is 1. The molecule has 1 aromatic rings. The molecule has 0 spiro atoms. The fraction of sp³-hybridized carbons (Fsp3) is 0.467. The maximum Gasteiger partial charge on any atom is 0.229 e. The number of carbonyl (C=O) groups is 2. The van der Waals surface area contributed by atoms with Crippen molar-refractivity contribution in [2.75, 3.05) is 26.0 Å². The number of anilines is 1. The van der Waals surface area contributed by atoms with Crippen molar-refractivity contribution in [2.24, 2.45) is 5.92 Å². The first kappa shape index (κ1) is 14.5. The number of hydrogen-bond acceptors (Lipinski definition) is 3. The molecule has 2 rings (SSSR count). The Kier molecular flexibility index (Phi) is 4.74. The van der Waals surface area contributed by atoms with Gasteiger partial charge in [-0.2, -0.15) is 0 Å². The molecule has 0 saturated carbocycles. The second-order valence-corrected chi connectivity index (χ2v) is 5.42. The van der Waals surface area contributed by atoms with E-state index in [1.54, 1.807) is 0 Å². The maximum atomic E-state index is 12.2. The Morgan fingerprint density at radius 3 is 2.80 bits per heavy atom. The van der Waals surface area contributed by atoms with Crippen LogP contribution in [0, 0.1) is 5.92 Å².